The Bertz CT molecular complexity index is 598. The molecule has 8 heteroatoms. The third kappa shape index (κ3) is 3.93. The van der Waals surface area contributed by atoms with Gasteiger partial charge in [0.05, 0.1) is 24.0 Å². The number of hydrogen-bond acceptors (Lipinski definition) is 5. The van der Waals surface area contributed by atoms with Crippen LogP contribution >= 0.6 is 0 Å². The average Bonchev–Trinajstić information content (AvgIpc) is 2.86. The van der Waals surface area contributed by atoms with Gasteiger partial charge in [-0.1, -0.05) is 0 Å². The van der Waals surface area contributed by atoms with Gasteiger partial charge in [0.15, 0.2) is 0 Å². The lowest BCUT2D eigenvalue weighted by atomic mass is 10.3. The van der Waals surface area contributed by atoms with Gasteiger partial charge in [0.1, 0.15) is 5.75 Å². The molecule has 0 amide bonds. The fourth-order valence-corrected chi connectivity index (χ4v) is 3.53. The average molecular weight is 315 g/mol. The van der Waals surface area contributed by atoms with Crippen LogP contribution in [0.3, 0.4) is 0 Å². The Hall–Kier alpha value is -1.64. The lowest BCUT2D eigenvalue weighted by Crippen LogP contribution is -2.29. The van der Waals surface area contributed by atoms with Crippen LogP contribution < -0.4 is 4.74 Å². The maximum absolute atomic E-state index is 12.3. The minimum atomic E-state index is -3.60. The van der Waals surface area contributed by atoms with E-state index in [1.165, 1.54) is 28.6 Å². The van der Waals surface area contributed by atoms with E-state index in [0.717, 1.165) is 0 Å². The van der Waals surface area contributed by atoms with Crippen molar-refractivity contribution in [3.63, 3.8) is 0 Å². The first-order valence-electron chi connectivity index (χ1n) is 6.52. The lowest BCUT2D eigenvalue weighted by Gasteiger charge is -2.16. The summed E-state index contributed by atoms with van der Waals surface area (Å²) in [6.07, 6.45) is -0.292. The third-order valence-corrected chi connectivity index (χ3v) is 5.05. The second-order valence-corrected chi connectivity index (χ2v) is 6.71. The van der Waals surface area contributed by atoms with Gasteiger partial charge in [-0.2, -0.15) is 4.31 Å². The molecule has 21 heavy (non-hydrogen) atoms. The predicted octanol–water partition coefficient (Wildman–Crippen LogP) is 0.295. The number of aliphatic hydroxyl groups excluding tert-OH is 1. The van der Waals surface area contributed by atoms with E-state index in [-0.39, 0.29) is 24.5 Å². The molecule has 116 valence electrons. The molecule has 1 saturated heterocycles. The normalized spacial score (nSPS) is 19.6. The van der Waals surface area contributed by atoms with E-state index in [0.29, 0.717) is 18.7 Å². The van der Waals surface area contributed by atoms with Crippen LogP contribution in [0.1, 0.15) is 12.8 Å². The molecular formula is C13H17NO6S. The zero-order chi connectivity index (χ0) is 15.5. The molecule has 0 bridgehead atoms. The molecule has 2 rings (SSSR count). The number of hydrogen-bond donors (Lipinski definition) is 2. The number of aliphatic hydroxyl groups is 1. The van der Waals surface area contributed by atoms with E-state index in [4.69, 9.17) is 9.84 Å². The summed E-state index contributed by atoms with van der Waals surface area (Å²) in [5.41, 5.74) is 0. The second-order valence-electron chi connectivity index (χ2n) is 4.77. The molecule has 1 aromatic rings. The number of carboxylic acid groups (broad SMARTS) is 1. The van der Waals surface area contributed by atoms with Crippen molar-refractivity contribution in [1.29, 1.82) is 0 Å². The van der Waals surface area contributed by atoms with E-state index in [1.54, 1.807) is 0 Å². The van der Waals surface area contributed by atoms with E-state index in [2.05, 4.69) is 0 Å². The molecule has 1 fully saturated rings. The molecule has 1 aromatic carbocycles. The van der Waals surface area contributed by atoms with Gasteiger partial charge in [0.2, 0.25) is 10.0 Å². The third-order valence-electron chi connectivity index (χ3n) is 3.17. The van der Waals surface area contributed by atoms with Gasteiger partial charge in [0, 0.05) is 13.1 Å². The number of aliphatic carboxylic acids is 1. The lowest BCUT2D eigenvalue weighted by molar-refractivity contribution is -0.137. The van der Waals surface area contributed by atoms with Gasteiger partial charge in [-0.25, -0.2) is 8.42 Å². The van der Waals surface area contributed by atoms with Gasteiger partial charge in [-0.3, -0.25) is 4.79 Å². The Morgan fingerprint density at radius 1 is 1.33 bits per heavy atom. The number of sulfonamides is 1. The first-order chi connectivity index (χ1) is 9.89. The van der Waals surface area contributed by atoms with Crippen molar-refractivity contribution in [3.05, 3.63) is 24.3 Å². The Balaban J connectivity index is 2.02. The topological polar surface area (TPSA) is 104 Å². The largest absolute Gasteiger partial charge is 0.493 e. The standard InChI is InChI=1S/C13H17NO6S/c15-10-5-7-14(9-10)21(18,19)12-3-1-11(2-4-12)20-8-6-13(16)17/h1-4,10,15H,5-9H2,(H,16,17)/t10-/m0/s1. The summed E-state index contributed by atoms with van der Waals surface area (Å²) in [7, 11) is -3.60. The quantitative estimate of drug-likeness (QED) is 0.782. The van der Waals surface area contributed by atoms with Crippen molar-refractivity contribution in [2.24, 2.45) is 0 Å². The summed E-state index contributed by atoms with van der Waals surface area (Å²) in [4.78, 5) is 10.5. The SMILES string of the molecule is O=C(O)CCOc1ccc(S(=O)(=O)N2CC[C@H](O)C2)cc1. The van der Waals surface area contributed by atoms with Gasteiger partial charge >= 0.3 is 5.97 Å². The molecule has 0 radical (unpaired) electrons. The highest BCUT2D eigenvalue weighted by Gasteiger charge is 2.31. The van der Waals surface area contributed by atoms with E-state index >= 15 is 0 Å². The van der Waals surface area contributed by atoms with Crippen molar-refractivity contribution < 1.29 is 28.2 Å². The highest BCUT2D eigenvalue weighted by Crippen LogP contribution is 2.23. The number of carboxylic acids is 1. The Labute approximate surface area is 122 Å². The Kier molecular flexibility index (Phi) is 4.81. The Morgan fingerprint density at radius 3 is 2.52 bits per heavy atom. The van der Waals surface area contributed by atoms with Gasteiger partial charge < -0.3 is 14.9 Å². The molecule has 0 aromatic heterocycles. The van der Waals surface area contributed by atoms with Gasteiger partial charge in [-0.15, -0.1) is 0 Å². The minimum absolute atomic E-state index is 0.0275. The molecule has 0 unspecified atom stereocenters. The van der Waals surface area contributed by atoms with Gasteiger partial charge in [-0.05, 0) is 30.7 Å². The van der Waals surface area contributed by atoms with E-state index < -0.39 is 22.1 Å². The number of β-amino-alcohol motifs (C(OH)–C–C–N with tert-alkyl or cyclic N) is 1. The summed E-state index contributed by atoms with van der Waals surface area (Å²) in [6, 6.07) is 5.80. The molecule has 1 atom stereocenters. The molecule has 0 aliphatic carbocycles. The zero-order valence-electron chi connectivity index (χ0n) is 11.3. The summed E-state index contributed by atoms with van der Waals surface area (Å²) in [5.74, 6) is -0.543. The van der Waals surface area contributed by atoms with E-state index in [9.17, 15) is 18.3 Å². The van der Waals surface area contributed by atoms with Crippen LogP contribution in [0.4, 0.5) is 0 Å². The van der Waals surface area contributed by atoms with Crippen LogP contribution in [0, 0.1) is 0 Å². The second kappa shape index (κ2) is 6.42. The van der Waals surface area contributed by atoms with Crippen molar-refractivity contribution >= 4 is 16.0 Å². The fraction of sp³-hybridized carbons (Fsp3) is 0.462. The number of ether oxygens (including phenoxy) is 1. The number of nitrogens with zero attached hydrogens (tertiary/aromatic N) is 1. The van der Waals surface area contributed by atoms with Crippen LogP contribution in [0.5, 0.6) is 5.75 Å². The predicted molar refractivity (Wildman–Crippen MR) is 73.6 cm³/mol. The first kappa shape index (κ1) is 15.7. The summed E-state index contributed by atoms with van der Waals surface area (Å²) in [5, 5.41) is 17.9. The molecule has 7 nitrogen and oxygen atoms in total. The van der Waals surface area contributed by atoms with Crippen molar-refractivity contribution in [2.45, 2.75) is 23.8 Å². The molecule has 1 aliphatic heterocycles. The fourth-order valence-electron chi connectivity index (χ4n) is 2.04. The number of carbonyl (C=O) groups is 1. The Morgan fingerprint density at radius 2 is 2.00 bits per heavy atom. The first-order valence-corrected chi connectivity index (χ1v) is 7.96. The van der Waals surface area contributed by atoms with Crippen LogP contribution in [0.25, 0.3) is 0 Å². The summed E-state index contributed by atoms with van der Waals surface area (Å²) in [6.45, 7) is 0.444. The highest BCUT2D eigenvalue weighted by atomic mass is 32.2. The number of rotatable bonds is 6. The summed E-state index contributed by atoms with van der Waals surface area (Å²) < 4.78 is 31.0. The van der Waals surface area contributed by atoms with Crippen LogP contribution in [0.15, 0.2) is 29.2 Å². The molecule has 1 aliphatic rings. The zero-order valence-corrected chi connectivity index (χ0v) is 12.1. The monoisotopic (exact) mass is 315 g/mol. The van der Waals surface area contributed by atoms with Crippen molar-refractivity contribution in [3.8, 4) is 5.75 Å². The maximum atomic E-state index is 12.3. The van der Waals surface area contributed by atoms with Crippen LogP contribution in [-0.2, 0) is 14.8 Å². The summed E-state index contributed by atoms with van der Waals surface area (Å²) >= 11 is 0. The van der Waals surface area contributed by atoms with Crippen LogP contribution in [0.2, 0.25) is 0 Å². The van der Waals surface area contributed by atoms with Gasteiger partial charge in [0.25, 0.3) is 0 Å². The maximum Gasteiger partial charge on any atom is 0.306 e. The number of benzene rings is 1. The van der Waals surface area contributed by atoms with Crippen molar-refractivity contribution in [2.75, 3.05) is 19.7 Å². The molecule has 1 heterocycles. The molecule has 0 spiro atoms. The molecule has 2 N–H and O–H groups in total. The minimum Gasteiger partial charge on any atom is -0.493 e. The van der Waals surface area contributed by atoms with E-state index in [1.807, 2.05) is 0 Å². The van der Waals surface area contributed by atoms with Crippen LogP contribution in [-0.4, -0.2) is 54.7 Å². The highest BCUT2D eigenvalue weighted by molar-refractivity contribution is 7.89. The molecular weight excluding hydrogens is 298 g/mol. The van der Waals surface area contributed by atoms with Crippen molar-refractivity contribution in [1.82, 2.24) is 4.31 Å². The molecule has 0 saturated carbocycles. The smallest absolute Gasteiger partial charge is 0.306 e.